The predicted molar refractivity (Wildman–Crippen MR) is 119 cm³/mol. The molecule has 4 atom stereocenters. The molecule has 0 saturated carbocycles. The van der Waals surface area contributed by atoms with Crippen molar-refractivity contribution in [2.75, 3.05) is 18.9 Å². The maximum absolute atomic E-state index is 13.2. The summed E-state index contributed by atoms with van der Waals surface area (Å²) in [5.41, 5.74) is 0. The van der Waals surface area contributed by atoms with Crippen molar-refractivity contribution in [2.45, 2.75) is 66.8 Å². The van der Waals surface area contributed by atoms with Gasteiger partial charge in [0.2, 0.25) is 11.1 Å². The first-order chi connectivity index (χ1) is 14.0. The second-order valence-electron chi connectivity index (χ2n) is 9.22. The Bertz CT molecular complexity index is 787. The van der Waals surface area contributed by atoms with Crippen LogP contribution in [0.5, 0.6) is 0 Å². The molecule has 1 aromatic heterocycles. The molecule has 2 fully saturated rings. The van der Waals surface area contributed by atoms with Gasteiger partial charge in [-0.25, -0.2) is 4.68 Å². The highest BCUT2D eigenvalue weighted by molar-refractivity contribution is 8.02. The molecule has 1 N–H and O–H groups in total. The number of hydrogen-bond acceptors (Lipinski definition) is 9. The van der Waals surface area contributed by atoms with Gasteiger partial charge in [0.1, 0.15) is 4.75 Å². The smallest absolute Gasteiger partial charge is 0.324 e. The van der Waals surface area contributed by atoms with Gasteiger partial charge in [-0.05, 0) is 36.2 Å². The Kier molecular flexibility index (Phi) is 7.20. The third kappa shape index (κ3) is 5.02. The number of fused-ring (bicyclic) bond motifs is 1. The normalized spacial score (nSPS) is 27.0. The first-order valence-corrected chi connectivity index (χ1v) is 15.8. The van der Waals surface area contributed by atoms with E-state index in [9.17, 15) is 14.7 Å². The fraction of sp³-hybridized carbons (Fsp3) is 0.833. The molecule has 2 aliphatic heterocycles. The van der Waals surface area contributed by atoms with Crippen LogP contribution in [0.1, 0.15) is 19.8 Å². The summed E-state index contributed by atoms with van der Waals surface area (Å²) in [5.74, 6) is 0.0177. The number of thioether (sulfide) groups is 2. The van der Waals surface area contributed by atoms with Crippen molar-refractivity contribution in [3.63, 3.8) is 0 Å². The molecule has 3 rings (SSSR count). The van der Waals surface area contributed by atoms with Crippen molar-refractivity contribution >= 4 is 43.5 Å². The zero-order valence-electron chi connectivity index (χ0n) is 18.2. The number of aliphatic hydroxyl groups excluding tert-OH is 1. The lowest BCUT2D eigenvalue weighted by Gasteiger charge is -2.42. The van der Waals surface area contributed by atoms with E-state index >= 15 is 0 Å². The first kappa shape index (κ1) is 23.5. The summed E-state index contributed by atoms with van der Waals surface area (Å²) in [7, 11) is 0.478. The molecule has 2 aliphatic rings. The van der Waals surface area contributed by atoms with Gasteiger partial charge >= 0.3 is 5.97 Å². The Balaban J connectivity index is 1.64. The van der Waals surface area contributed by atoms with Gasteiger partial charge in [-0.3, -0.25) is 9.59 Å². The Morgan fingerprint density at radius 2 is 2.20 bits per heavy atom. The van der Waals surface area contributed by atoms with Crippen LogP contribution in [0.2, 0.25) is 25.7 Å². The van der Waals surface area contributed by atoms with E-state index in [-0.39, 0.29) is 17.3 Å². The average molecular weight is 474 g/mol. The molecule has 0 spiro atoms. The van der Waals surface area contributed by atoms with Crippen LogP contribution < -0.4 is 0 Å². The predicted octanol–water partition coefficient (Wildman–Crippen LogP) is 1.61. The summed E-state index contributed by atoms with van der Waals surface area (Å²) >= 11 is 3.03. The number of ether oxygens (including phenoxy) is 1. The number of rotatable bonds is 10. The monoisotopic (exact) mass is 473 g/mol. The van der Waals surface area contributed by atoms with E-state index < -0.39 is 24.8 Å². The van der Waals surface area contributed by atoms with Crippen LogP contribution in [-0.4, -0.2) is 85.3 Å². The Hall–Kier alpha value is -1.11. The second kappa shape index (κ2) is 9.17. The van der Waals surface area contributed by atoms with Crippen molar-refractivity contribution < 1.29 is 19.4 Å². The summed E-state index contributed by atoms with van der Waals surface area (Å²) in [6.45, 7) is 9.16. The van der Waals surface area contributed by atoms with Gasteiger partial charge in [0.15, 0.2) is 0 Å². The molecule has 1 amide bonds. The van der Waals surface area contributed by atoms with Crippen LogP contribution in [-0.2, 0) is 21.4 Å². The fourth-order valence-corrected chi connectivity index (χ4v) is 7.04. The van der Waals surface area contributed by atoms with Crippen molar-refractivity contribution in [1.29, 1.82) is 0 Å². The Labute approximate surface area is 186 Å². The van der Waals surface area contributed by atoms with Crippen molar-refractivity contribution in [3.05, 3.63) is 0 Å². The summed E-state index contributed by atoms with van der Waals surface area (Å²) in [6, 6.07) is 0.914. The molecule has 12 heteroatoms. The standard InChI is InChI=1S/C18H31N5O4S2Si/c1-12(24)13-14(25)23-11-18(29-15(13)23,16(26)27-8-10-30(3,4)5)7-6-9-28-17-19-20-21-22(17)2/h12-13,15,24H,6-11H2,1-5H3/t12-,13+,15-,18?/m1/s1. The van der Waals surface area contributed by atoms with Gasteiger partial charge < -0.3 is 14.7 Å². The Morgan fingerprint density at radius 3 is 2.80 bits per heavy atom. The van der Waals surface area contributed by atoms with Crippen LogP contribution in [0.15, 0.2) is 5.16 Å². The van der Waals surface area contributed by atoms with Crippen LogP contribution in [0.25, 0.3) is 0 Å². The van der Waals surface area contributed by atoms with Crippen molar-refractivity contribution in [2.24, 2.45) is 13.0 Å². The lowest BCUT2D eigenvalue weighted by Crippen LogP contribution is -2.60. The minimum atomic E-state index is -1.31. The van der Waals surface area contributed by atoms with E-state index in [0.29, 0.717) is 19.6 Å². The topological polar surface area (TPSA) is 110 Å². The number of β-lactam (4-membered cyclic amide) rings is 1. The van der Waals surface area contributed by atoms with Gasteiger partial charge in [0.05, 0.1) is 24.0 Å². The van der Waals surface area contributed by atoms with E-state index in [1.54, 1.807) is 35.3 Å². The molecule has 1 aromatic rings. The summed E-state index contributed by atoms with van der Waals surface area (Å²) < 4.78 is 6.56. The summed E-state index contributed by atoms with van der Waals surface area (Å²) in [6.07, 6.45) is 0.653. The lowest BCUT2D eigenvalue weighted by molar-refractivity contribution is -0.157. The number of tetrazole rings is 1. The molecule has 2 saturated heterocycles. The zero-order valence-corrected chi connectivity index (χ0v) is 20.8. The third-order valence-electron chi connectivity index (χ3n) is 5.47. The minimum absolute atomic E-state index is 0.0705. The number of carbonyl (C=O) groups is 2. The highest BCUT2D eigenvalue weighted by atomic mass is 32.2. The van der Waals surface area contributed by atoms with Crippen molar-refractivity contribution in [3.8, 4) is 0 Å². The number of amides is 1. The van der Waals surface area contributed by atoms with Gasteiger partial charge in [0, 0.05) is 27.4 Å². The fourth-order valence-electron chi connectivity index (χ4n) is 3.64. The second-order valence-corrected chi connectivity index (χ2v) is 17.4. The molecule has 1 unspecified atom stereocenters. The van der Waals surface area contributed by atoms with E-state index in [4.69, 9.17) is 4.74 Å². The van der Waals surface area contributed by atoms with Gasteiger partial charge in [-0.1, -0.05) is 31.4 Å². The Morgan fingerprint density at radius 1 is 1.47 bits per heavy atom. The molecule has 0 aromatic carbocycles. The molecule has 168 valence electrons. The number of carbonyl (C=O) groups excluding carboxylic acids is 2. The van der Waals surface area contributed by atoms with Crippen LogP contribution in [0.3, 0.4) is 0 Å². The molecule has 0 aliphatic carbocycles. The number of nitrogens with zero attached hydrogens (tertiary/aromatic N) is 5. The molecular weight excluding hydrogens is 442 g/mol. The van der Waals surface area contributed by atoms with E-state index in [2.05, 4.69) is 35.2 Å². The quantitative estimate of drug-likeness (QED) is 0.178. The molecule has 30 heavy (non-hydrogen) atoms. The lowest BCUT2D eigenvalue weighted by atomic mass is 9.91. The maximum atomic E-state index is 13.2. The summed E-state index contributed by atoms with van der Waals surface area (Å²) in [4.78, 5) is 27.3. The van der Waals surface area contributed by atoms with E-state index in [0.717, 1.165) is 23.4 Å². The van der Waals surface area contributed by atoms with Crippen LogP contribution in [0.4, 0.5) is 0 Å². The van der Waals surface area contributed by atoms with Crippen LogP contribution >= 0.6 is 23.5 Å². The highest BCUT2D eigenvalue weighted by Crippen LogP contribution is 2.53. The minimum Gasteiger partial charge on any atom is -0.465 e. The van der Waals surface area contributed by atoms with E-state index in [1.165, 1.54) is 11.8 Å². The van der Waals surface area contributed by atoms with Gasteiger partial charge in [-0.15, -0.1) is 16.9 Å². The van der Waals surface area contributed by atoms with Gasteiger partial charge in [0.25, 0.3) is 0 Å². The largest absolute Gasteiger partial charge is 0.465 e. The average Bonchev–Trinajstić information content (AvgIpc) is 3.19. The SMILES string of the molecule is C[C@@H](O)[C@H]1C(=O)N2CC(CCCSc3nnnn3C)(C(=O)OCC[Si](C)(C)C)S[C@H]12. The van der Waals surface area contributed by atoms with E-state index in [1.807, 2.05) is 0 Å². The number of hydrogen-bond donors (Lipinski definition) is 1. The molecule has 0 radical (unpaired) electrons. The van der Waals surface area contributed by atoms with Crippen molar-refractivity contribution in [1.82, 2.24) is 25.1 Å². The number of esters is 1. The molecule has 3 heterocycles. The zero-order chi connectivity index (χ0) is 22.1. The number of aromatic nitrogens is 4. The first-order valence-electron chi connectivity index (χ1n) is 10.2. The number of aryl methyl sites for hydroxylation is 1. The van der Waals surface area contributed by atoms with Gasteiger partial charge in [-0.2, -0.15) is 0 Å². The molecular formula is C18H31N5O4S2Si. The molecule has 9 nitrogen and oxygen atoms in total. The van der Waals surface area contributed by atoms with Crippen LogP contribution in [0, 0.1) is 5.92 Å². The third-order valence-corrected chi connectivity index (χ3v) is 10.0. The highest BCUT2D eigenvalue weighted by Gasteiger charge is 2.62. The maximum Gasteiger partial charge on any atom is 0.324 e. The number of aliphatic hydroxyl groups is 1. The summed E-state index contributed by atoms with van der Waals surface area (Å²) in [5, 5.41) is 22.0. The molecule has 0 bridgehead atoms.